The minimum absolute atomic E-state index is 0.0505. The second kappa shape index (κ2) is 7.20. The third kappa shape index (κ3) is 4.05. The summed E-state index contributed by atoms with van der Waals surface area (Å²) in [6.07, 6.45) is 1.39. The fourth-order valence-corrected chi connectivity index (χ4v) is 2.07. The zero-order valence-electron chi connectivity index (χ0n) is 13.2. The van der Waals surface area contributed by atoms with Gasteiger partial charge in [0.05, 0.1) is 4.92 Å². The van der Waals surface area contributed by atoms with Crippen LogP contribution in [0.3, 0.4) is 0 Å². The average molecular weight is 321 g/mol. The number of anilines is 1. The zero-order valence-corrected chi connectivity index (χ0v) is 13.2. The number of non-ortho nitro benzene ring substituents is 1. The molecular formula is C18H15N3O3. The lowest BCUT2D eigenvalue weighted by Gasteiger charge is -2.08. The average Bonchev–Trinajstić information content (AvgIpc) is 2.56. The van der Waals surface area contributed by atoms with Gasteiger partial charge in [0.2, 0.25) is 0 Å². The van der Waals surface area contributed by atoms with Crippen LogP contribution in [0.15, 0.2) is 48.0 Å². The lowest BCUT2D eigenvalue weighted by Crippen LogP contribution is -2.14. The maximum Gasteiger partial charge on any atom is 0.269 e. The van der Waals surface area contributed by atoms with Gasteiger partial charge in [-0.15, -0.1) is 0 Å². The van der Waals surface area contributed by atoms with Crippen LogP contribution in [-0.4, -0.2) is 10.8 Å². The Hall–Kier alpha value is -3.46. The van der Waals surface area contributed by atoms with E-state index in [1.165, 1.54) is 30.3 Å². The van der Waals surface area contributed by atoms with Crippen LogP contribution in [0, 0.1) is 35.3 Å². The Balaban J connectivity index is 2.24. The van der Waals surface area contributed by atoms with Crippen LogP contribution in [0.1, 0.15) is 16.7 Å². The Morgan fingerprint density at radius 3 is 2.46 bits per heavy atom. The van der Waals surface area contributed by atoms with Crippen molar-refractivity contribution in [3.63, 3.8) is 0 Å². The van der Waals surface area contributed by atoms with Crippen LogP contribution in [0.5, 0.6) is 0 Å². The molecule has 0 heterocycles. The highest BCUT2D eigenvalue weighted by molar-refractivity contribution is 6.10. The van der Waals surface area contributed by atoms with E-state index in [4.69, 9.17) is 0 Å². The van der Waals surface area contributed by atoms with Gasteiger partial charge in [-0.2, -0.15) is 5.26 Å². The summed E-state index contributed by atoms with van der Waals surface area (Å²) in [5.41, 5.74) is 2.93. The molecule has 0 saturated carbocycles. The number of nitro groups is 1. The quantitative estimate of drug-likeness (QED) is 0.401. The molecule has 0 aromatic heterocycles. The van der Waals surface area contributed by atoms with Crippen molar-refractivity contribution in [3.05, 3.63) is 74.8 Å². The number of carbonyl (C=O) groups excluding carboxylic acids is 1. The molecule has 24 heavy (non-hydrogen) atoms. The molecule has 0 aliphatic heterocycles. The summed E-state index contributed by atoms with van der Waals surface area (Å²) in [5.74, 6) is -0.524. The highest BCUT2D eigenvalue weighted by Crippen LogP contribution is 2.18. The number of nitro benzene ring substituents is 1. The molecule has 0 radical (unpaired) electrons. The van der Waals surface area contributed by atoms with Crippen LogP contribution in [-0.2, 0) is 4.79 Å². The predicted molar refractivity (Wildman–Crippen MR) is 91.2 cm³/mol. The summed E-state index contributed by atoms with van der Waals surface area (Å²) in [4.78, 5) is 22.4. The number of nitriles is 1. The molecule has 6 heteroatoms. The molecule has 0 fully saturated rings. The van der Waals surface area contributed by atoms with Crippen molar-refractivity contribution in [1.29, 1.82) is 5.26 Å². The monoisotopic (exact) mass is 321 g/mol. The van der Waals surface area contributed by atoms with Gasteiger partial charge in [-0.1, -0.05) is 12.1 Å². The fraction of sp³-hybridized carbons (Fsp3) is 0.111. The molecule has 0 atom stereocenters. The first kappa shape index (κ1) is 16.9. The third-order valence-electron chi connectivity index (χ3n) is 3.42. The van der Waals surface area contributed by atoms with Gasteiger partial charge in [0.15, 0.2) is 0 Å². The normalized spacial score (nSPS) is 10.8. The van der Waals surface area contributed by atoms with E-state index in [0.29, 0.717) is 11.3 Å². The predicted octanol–water partition coefficient (Wildman–Crippen LogP) is 3.76. The van der Waals surface area contributed by atoms with Gasteiger partial charge in [0, 0.05) is 17.8 Å². The van der Waals surface area contributed by atoms with Gasteiger partial charge in [-0.05, 0) is 54.8 Å². The first-order valence-electron chi connectivity index (χ1n) is 7.15. The largest absolute Gasteiger partial charge is 0.321 e. The van der Waals surface area contributed by atoms with Crippen LogP contribution in [0.2, 0.25) is 0 Å². The minimum atomic E-state index is -0.524. The minimum Gasteiger partial charge on any atom is -0.321 e. The lowest BCUT2D eigenvalue weighted by molar-refractivity contribution is -0.384. The van der Waals surface area contributed by atoms with Gasteiger partial charge < -0.3 is 5.32 Å². The first-order valence-corrected chi connectivity index (χ1v) is 7.15. The number of hydrogen-bond acceptors (Lipinski definition) is 4. The van der Waals surface area contributed by atoms with E-state index in [0.717, 1.165) is 11.1 Å². The Bertz CT molecular complexity index is 862. The Morgan fingerprint density at radius 1 is 1.21 bits per heavy atom. The maximum atomic E-state index is 12.3. The number of nitrogens with zero attached hydrogens (tertiary/aromatic N) is 2. The maximum absolute atomic E-state index is 12.3. The molecule has 2 rings (SSSR count). The van der Waals surface area contributed by atoms with Crippen molar-refractivity contribution in [2.75, 3.05) is 5.32 Å². The van der Waals surface area contributed by atoms with Gasteiger partial charge >= 0.3 is 0 Å². The number of hydrogen-bond donors (Lipinski definition) is 1. The summed E-state index contributed by atoms with van der Waals surface area (Å²) in [7, 11) is 0. The van der Waals surface area contributed by atoms with Gasteiger partial charge in [-0.3, -0.25) is 14.9 Å². The van der Waals surface area contributed by atoms with Crippen molar-refractivity contribution in [2.24, 2.45) is 0 Å². The molecule has 0 aliphatic carbocycles. The molecule has 0 saturated heterocycles. The molecule has 2 aromatic rings. The van der Waals surface area contributed by atoms with Crippen molar-refractivity contribution in [2.45, 2.75) is 13.8 Å². The molecule has 6 nitrogen and oxygen atoms in total. The van der Waals surface area contributed by atoms with E-state index in [1.54, 1.807) is 0 Å². The molecule has 0 unspecified atom stereocenters. The van der Waals surface area contributed by atoms with Crippen molar-refractivity contribution < 1.29 is 9.72 Å². The molecule has 0 aliphatic rings. The number of amides is 1. The molecule has 2 aromatic carbocycles. The van der Waals surface area contributed by atoms with E-state index >= 15 is 0 Å². The van der Waals surface area contributed by atoms with Crippen LogP contribution in [0.25, 0.3) is 6.08 Å². The fourth-order valence-electron chi connectivity index (χ4n) is 2.07. The molecule has 1 N–H and O–H groups in total. The molecule has 1 amide bonds. The molecule has 120 valence electrons. The van der Waals surface area contributed by atoms with Gasteiger partial charge in [-0.25, -0.2) is 0 Å². The van der Waals surface area contributed by atoms with E-state index in [1.807, 2.05) is 38.1 Å². The molecular weight excluding hydrogens is 306 g/mol. The van der Waals surface area contributed by atoms with E-state index < -0.39 is 10.8 Å². The SMILES string of the molecule is Cc1ccc(C)c(NC(=O)/C(C#N)=C/c2ccc([N+](=O)[O-])cc2)c1. The highest BCUT2D eigenvalue weighted by Gasteiger charge is 2.11. The summed E-state index contributed by atoms with van der Waals surface area (Å²) < 4.78 is 0. The van der Waals surface area contributed by atoms with Crippen LogP contribution < -0.4 is 5.32 Å². The summed E-state index contributed by atoms with van der Waals surface area (Å²) >= 11 is 0. The first-order chi connectivity index (χ1) is 11.4. The zero-order chi connectivity index (χ0) is 17.7. The van der Waals surface area contributed by atoms with Crippen LogP contribution in [0.4, 0.5) is 11.4 Å². The summed E-state index contributed by atoms with van der Waals surface area (Å²) in [5, 5.41) is 22.6. The number of aryl methyl sites for hydroxylation is 2. The number of rotatable bonds is 4. The van der Waals surface area contributed by atoms with Gasteiger partial charge in [0.25, 0.3) is 11.6 Å². The summed E-state index contributed by atoms with van der Waals surface area (Å²) in [6, 6.07) is 13.1. The third-order valence-corrected chi connectivity index (χ3v) is 3.42. The lowest BCUT2D eigenvalue weighted by atomic mass is 10.1. The number of nitrogens with one attached hydrogen (secondary N) is 1. The number of benzene rings is 2. The van der Waals surface area contributed by atoms with Crippen molar-refractivity contribution >= 4 is 23.4 Å². The smallest absolute Gasteiger partial charge is 0.269 e. The van der Waals surface area contributed by atoms with Crippen molar-refractivity contribution in [1.82, 2.24) is 0 Å². The number of carbonyl (C=O) groups is 1. The van der Waals surface area contributed by atoms with E-state index in [2.05, 4.69) is 5.32 Å². The van der Waals surface area contributed by atoms with Crippen molar-refractivity contribution in [3.8, 4) is 6.07 Å². The Kier molecular flexibility index (Phi) is 5.07. The van der Waals surface area contributed by atoms with E-state index in [9.17, 15) is 20.2 Å². The second-order valence-electron chi connectivity index (χ2n) is 5.29. The van der Waals surface area contributed by atoms with Crippen LogP contribution >= 0.6 is 0 Å². The molecule has 0 spiro atoms. The van der Waals surface area contributed by atoms with Gasteiger partial charge in [0.1, 0.15) is 11.6 Å². The standard InChI is InChI=1S/C18H15N3O3/c1-12-3-4-13(2)17(9-12)20-18(22)15(11-19)10-14-5-7-16(8-6-14)21(23)24/h3-10H,1-2H3,(H,20,22)/b15-10+. The highest BCUT2D eigenvalue weighted by atomic mass is 16.6. The topological polar surface area (TPSA) is 96.0 Å². The second-order valence-corrected chi connectivity index (χ2v) is 5.29. The van der Waals surface area contributed by atoms with E-state index in [-0.39, 0.29) is 11.3 Å². The summed E-state index contributed by atoms with van der Waals surface area (Å²) in [6.45, 7) is 3.77. The molecule has 0 bridgehead atoms. The Labute approximate surface area is 139 Å². The Morgan fingerprint density at radius 2 is 1.88 bits per heavy atom.